The minimum Gasteiger partial charge on any atom is -0.411 e. The topological polar surface area (TPSA) is 74.1 Å². The summed E-state index contributed by atoms with van der Waals surface area (Å²) in [7, 11) is 0. The highest BCUT2D eigenvalue weighted by molar-refractivity contribution is 5.80. The monoisotopic (exact) mass is 198 g/mol. The minimum atomic E-state index is 0.565. The van der Waals surface area contributed by atoms with Gasteiger partial charge in [0.05, 0.1) is 11.9 Å². The minimum absolute atomic E-state index is 0.565. The average Bonchev–Trinajstić information content (AvgIpc) is 2.22. The molecule has 0 aromatic heterocycles. The first kappa shape index (κ1) is 12.4. The molecule has 0 radical (unpaired) electrons. The molecule has 1 aromatic rings. The Morgan fingerprint density at radius 2 is 2.14 bits per heavy atom. The Bertz CT molecular complexity index is 277. The standard InChI is InChI=1S/C7H8N2O3.C2H6/c10-8-5-6-2-1-3-7(4-6)9-12-11;1-2/h1-5,9-11H;1-2H3. The lowest BCUT2D eigenvalue weighted by atomic mass is 10.2. The molecule has 78 valence electrons. The van der Waals surface area contributed by atoms with Gasteiger partial charge in [-0.3, -0.25) is 0 Å². The Labute approximate surface area is 82.5 Å². The van der Waals surface area contributed by atoms with E-state index in [0.717, 1.165) is 0 Å². The lowest BCUT2D eigenvalue weighted by molar-refractivity contribution is -0.215. The van der Waals surface area contributed by atoms with Crippen molar-refractivity contribution in [2.24, 2.45) is 5.16 Å². The highest BCUT2D eigenvalue weighted by Gasteiger charge is 1.91. The van der Waals surface area contributed by atoms with Crippen molar-refractivity contribution in [3.8, 4) is 0 Å². The van der Waals surface area contributed by atoms with E-state index in [1.54, 1.807) is 24.3 Å². The largest absolute Gasteiger partial charge is 0.411 e. The van der Waals surface area contributed by atoms with E-state index in [1.165, 1.54) is 6.21 Å². The van der Waals surface area contributed by atoms with E-state index in [4.69, 9.17) is 10.5 Å². The quantitative estimate of drug-likeness (QED) is 0.301. The molecule has 14 heavy (non-hydrogen) atoms. The van der Waals surface area contributed by atoms with Gasteiger partial charge in [-0.05, 0) is 17.7 Å². The smallest absolute Gasteiger partial charge is 0.0734 e. The molecule has 5 nitrogen and oxygen atoms in total. The van der Waals surface area contributed by atoms with Crippen LogP contribution >= 0.6 is 0 Å². The molecule has 0 bridgehead atoms. The van der Waals surface area contributed by atoms with Gasteiger partial charge in [0, 0.05) is 0 Å². The molecule has 0 saturated carbocycles. The normalized spacial score (nSPS) is 9.36. The molecule has 0 aliphatic heterocycles. The van der Waals surface area contributed by atoms with Crippen LogP contribution in [0.25, 0.3) is 0 Å². The fourth-order valence-electron chi connectivity index (χ4n) is 0.802. The molecule has 1 rings (SSSR count). The van der Waals surface area contributed by atoms with Crippen LogP contribution in [-0.2, 0) is 4.99 Å². The van der Waals surface area contributed by atoms with Crippen molar-refractivity contribution in [2.45, 2.75) is 13.8 Å². The third-order valence-electron chi connectivity index (χ3n) is 1.26. The van der Waals surface area contributed by atoms with Crippen LogP contribution in [0.2, 0.25) is 0 Å². The van der Waals surface area contributed by atoms with Crippen LogP contribution in [0.15, 0.2) is 29.4 Å². The summed E-state index contributed by atoms with van der Waals surface area (Å²) < 4.78 is 0. The van der Waals surface area contributed by atoms with E-state index in [1.807, 2.05) is 13.8 Å². The Hall–Kier alpha value is -1.59. The van der Waals surface area contributed by atoms with Crippen molar-refractivity contribution in [1.82, 2.24) is 0 Å². The maximum Gasteiger partial charge on any atom is 0.0734 e. The zero-order valence-corrected chi connectivity index (χ0v) is 8.14. The number of rotatable bonds is 3. The Morgan fingerprint density at radius 3 is 2.71 bits per heavy atom. The van der Waals surface area contributed by atoms with E-state index >= 15 is 0 Å². The van der Waals surface area contributed by atoms with Gasteiger partial charge in [-0.25, -0.2) is 10.7 Å². The van der Waals surface area contributed by atoms with Gasteiger partial charge in [0.1, 0.15) is 0 Å². The number of hydrogen-bond acceptors (Lipinski definition) is 5. The molecule has 3 N–H and O–H groups in total. The maximum absolute atomic E-state index is 8.21. The first-order valence-corrected chi connectivity index (χ1v) is 4.20. The predicted octanol–water partition coefficient (Wildman–Crippen LogP) is 2.34. The zero-order chi connectivity index (χ0) is 10.8. The fourth-order valence-corrected chi connectivity index (χ4v) is 0.802. The van der Waals surface area contributed by atoms with Crippen molar-refractivity contribution >= 4 is 11.9 Å². The third kappa shape index (κ3) is 4.44. The molecule has 0 aliphatic rings. The predicted molar refractivity (Wildman–Crippen MR) is 54.5 cm³/mol. The van der Waals surface area contributed by atoms with Crippen molar-refractivity contribution < 1.29 is 15.5 Å². The molecule has 0 fully saturated rings. The van der Waals surface area contributed by atoms with Gasteiger partial charge in [-0.15, -0.1) is 4.99 Å². The highest BCUT2D eigenvalue weighted by atomic mass is 17.2. The van der Waals surface area contributed by atoms with Crippen LogP contribution in [-0.4, -0.2) is 16.7 Å². The molecule has 0 unspecified atom stereocenters. The van der Waals surface area contributed by atoms with E-state index in [2.05, 4.69) is 15.6 Å². The van der Waals surface area contributed by atoms with Gasteiger partial charge in [-0.2, -0.15) is 0 Å². The molecule has 0 aliphatic carbocycles. The van der Waals surface area contributed by atoms with Crippen molar-refractivity contribution in [3.05, 3.63) is 29.8 Å². The SMILES string of the molecule is CC.ON=Cc1cccc(NOO)c1. The van der Waals surface area contributed by atoms with Gasteiger partial charge >= 0.3 is 0 Å². The van der Waals surface area contributed by atoms with E-state index in [9.17, 15) is 0 Å². The molecule has 1 aromatic carbocycles. The second kappa shape index (κ2) is 8.03. The molecule has 0 saturated heterocycles. The number of anilines is 1. The Kier molecular flexibility index (Phi) is 7.12. The molecule has 0 heterocycles. The van der Waals surface area contributed by atoms with Crippen LogP contribution in [0.3, 0.4) is 0 Å². The van der Waals surface area contributed by atoms with Crippen molar-refractivity contribution in [3.63, 3.8) is 0 Å². The fraction of sp³-hybridized carbons (Fsp3) is 0.222. The Morgan fingerprint density at radius 1 is 1.43 bits per heavy atom. The summed E-state index contributed by atoms with van der Waals surface area (Å²) in [4.78, 5) is 3.70. The number of benzene rings is 1. The van der Waals surface area contributed by atoms with Crippen LogP contribution in [0.1, 0.15) is 19.4 Å². The van der Waals surface area contributed by atoms with Gasteiger partial charge in [0.15, 0.2) is 0 Å². The average molecular weight is 198 g/mol. The summed E-state index contributed by atoms with van der Waals surface area (Å²) in [5.74, 6) is 0. The number of nitrogens with zero attached hydrogens (tertiary/aromatic N) is 1. The summed E-state index contributed by atoms with van der Waals surface area (Å²) in [6, 6.07) is 6.78. The van der Waals surface area contributed by atoms with E-state index in [-0.39, 0.29) is 0 Å². The number of nitrogens with one attached hydrogen (secondary N) is 1. The van der Waals surface area contributed by atoms with Crippen LogP contribution in [0, 0.1) is 0 Å². The Balaban J connectivity index is 0.000000791. The second-order valence-corrected chi connectivity index (χ2v) is 2.06. The van der Waals surface area contributed by atoms with Crippen molar-refractivity contribution in [2.75, 3.05) is 5.48 Å². The zero-order valence-electron chi connectivity index (χ0n) is 8.14. The second-order valence-electron chi connectivity index (χ2n) is 2.06. The number of hydrogen-bond donors (Lipinski definition) is 3. The molecular formula is C9H14N2O3. The summed E-state index contributed by atoms with van der Waals surface area (Å²) in [5, 5.41) is 19.1. The van der Waals surface area contributed by atoms with Gasteiger partial charge in [0.2, 0.25) is 0 Å². The van der Waals surface area contributed by atoms with E-state index in [0.29, 0.717) is 11.3 Å². The van der Waals surface area contributed by atoms with Gasteiger partial charge in [-0.1, -0.05) is 31.1 Å². The molecule has 0 amide bonds. The highest BCUT2D eigenvalue weighted by Crippen LogP contribution is 2.08. The number of oxime groups is 1. The van der Waals surface area contributed by atoms with Crippen molar-refractivity contribution in [1.29, 1.82) is 0 Å². The van der Waals surface area contributed by atoms with Gasteiger partial charge in [0.25, 0.3) is 0 Å². The summed E-state index contributed by atoms with van der Waals surface area (Å²) >= 11 is 0. The van der Waals surface area contributed by atoms with E-state index < -0.39 is 0 Å². The summed E-state index contributed by atoms with van der Waals surface area (Å²) in [6.45, 7) is 4.00. The molecule has 5 heteroatoms. The van der Waals surface area contributed by atoms with Gasteiger partial charge < -0.3 is 5.21 Å². The third-order valence-corrected chi connectivity index (χ3v) is 1.26. The van der Waals surface area contributed by atoms with Crippen LogP contribution in [0.5, 0.6) is 0 Å². The molecule has 0 atom stereocenters. The van der Waals surface area contributed by atoms with Crippen LogP contribution < -0.4 is 5.48 Å². The lowest BCUT2D eigenvalue weighted by Gasteiger charge is -2.00. The molecule has 0 spiro atoms. The first-order chi connectivity index (χ1) is 6.86. The molecular weight excluding hydrogens is 184 g/mol. The van der Waals surface area contributed by atoms with Crippen LogP contribution in [0.4, 0.5) is 5.69 Å². The summed E-state index contributed by atoms with van der Waals surface area (Å²) in [5.41, 5.74) is 3.48. The maximum atomic E-state index is 8.21. The first-order valence-electron chi connectivity index (χ1n) is 4.20. The summed E-state index contributed by atoms with van der Waals surface area (Å²) in [6.07, 6.45) is 1.27. The lowest BCUT2D eigenvalue weighted by Crippen LogP contribution is -1.96.